The van der Waals surface area contributed by atoms with Gasteiger partial charge in [-0.1, -0.05) is 12.1 Å². The molecule has 5 N–H and O–H groups in total. The topological polar surface area (TPSA) is 154 Å². The standard InChI is InChI=1S/C24H27F2IN4O6S/c1-38(35,36)31-24-30-20(22(13-32)37-24)10-23(34)29-19(8-15-5-16(25)9-17(26)6-15)21(33)12-28-11-14-3-2-4-18(27)7-14/h2-7,9,19,21,28,32-33H,8,10-13H2,1H3,(H,29,34)(H,30,31)/t19-,21+/m0/s1. The van der Waals surface area contributed by atoms with Crippen LogP contribution in [-0.4, -0.2) is 54.5 Å². The average molecular weight is 664 g/mol. The van der Waals surface area contributed by atoms with Crippen LogP contribution in [0.1, 0.15) is 22.6 Å². The van der Waals surface area contributed by atoms with Crippen molar-refractivity contribution in [1.82, 2.24) is 15.6 Å². The predicted molar refractivity (Wildman–Crippen MR) is 143 cm³/mol. The number of carbonyl (C=O) groups excluding carboxylic acids is 1. The molecule has 1 aromatic heterocycles. The first kappa shape index (κ1) is 29.9. The molecule has 0 aliphatic rings. The summed E-state index contributed by atoms with van der Waals surface area (Å²) < 4.78 is 58.6. The largest absolute Gasteiger partial charge is 0.425 e. The maximum atomic E-state index is 13.8. The Morgan fingerprint density at radius 1 is 1.16 bits per heavy atom. The summed E-state index contributed by atoms with van der Waals surface area (Å²) in [5.41, 5.74) is 1.19. The second-order valence-corrected chi connectivity index (χ2v) is 11.6. The van der Waals surface area contributed by atoms with E-state index in [1.54, 1.807) is 0 Å². The van der Waals surface area contributed by atoms with Crippen molar-refractivity contribution >= 4 is 44.5 Å². The zero-order valence-corrected chi connectivity index (χ0v) is 23.2. The Morgan fingerprint density at radius 3 is 2.50 bits per heavy atom. The molecule has 0 saturated carbocycles. The van der Waals surface area contributed by atoms with Gasteiger partial charge in [-0.15, -0.1) is 0 Å². The van der Waals surface area contributed by atoms with Crippen molar-refractivity contribution in [1.29, 1.82) is 0 Å². The number of hydrogen-bond acceptors (Lipinski definition) is 8. The van der Waals surface area contributed by atoms with Crippen LogP contribution in [0.4, 0.5) is 14.8 Å². The van der Waals surface area contributed by atoms with Gasteiger partial charge in [0.05, 0.1) is 30.5 Å². The molecule has 1 amide bonds. The third-order valence-corrected chi connectivity index (χ3v) is 6.50. The highest BCUT2D eigenvalue weighted by atomic mass is 127. The summed E-state index contributed by atoms with van der Waals surface area (Å²) in [4.78, 5) is 16.8. The van der Waals surface area contributed by atoms with E-state index in [2.05, 4.69) is 38.2 Å². The number of benzene rings is 2. The lowest BCUT2D eigenvalue weighted by Crippen LogP contribution is -2.49. The number of nitrogens with one attached hydrogen (secondary N) is 3. The Morgan fingerprint density at radius 2 is 1.87 bits per heavy atom. The molecule has 0 saturated heterocycles. The summed E-state index contributed by atoms with van der Waals surface area (Å²) in [5.74, 6) is -2.35. The lowest BCUT2D eigenvalue weighted by Gasteiger charge is -2.25. The van der Waals surface area contributed by atoms with E-state index >= 15 is 0 Å². The van der Waals surface area contributed by atoms with Crippen molar-refractivity contribution < 1.29 is 36.6 Å². The number of sulfonamides is 1. The van der Waals surface area contributed by atoms with Crippen LogP contribution >= 0.6 is 22.6 Å². The molecule has 10 nitrogen and oxygen atoms in total. The van der Waals surface area contributed by atoms with E-state index in [9.17, 15) is 32.2 Å². The van der Waals surface area contributed by atoms with E-state index in [0.717, 1.165) is 33.6 Å². The Hall–Kier alpha value is -2.66. The molecule has 0 radical (unpaired) electrons. The minimum atomic E-state index is -3.71. The number of aromatic nitrogens is 1. The van der Waals surface area contributed by atoms with Crippen molar-refractivity contribution in [2.75, 3.05) is 17.5 Å². The molecule has 14 heteroatoms. The molecule has 2 aromatic carbocycles. The highest BCUT2D eigenvalue weighted by Crippen LogP contribution is 2.18. The summed E-state index contributed by atoms with van der Waals surface area (Å²) in [6, 6.07) is 9.31. The minimum Gasteiger partial charge on any atom is -0.425 e. The fourth-order valence-corrected chi connectivity index (χ4v) is 4.69. The smallest absolute Gasteiger partial charge is 0.309 e. The number of carbonyl (C=O) groups is 1. The molecule has 3 rings (SSSR count). The van der Waals surface area contributed by atoms with E-state index in [1.807, 2.05) is 29.0 Å². The number of amides is 1. The van der Waals surface area contributed by atoms with Crippen molar-refractivity contribution in [3.8, 4) is 0 Å². The van der Waals surface area contributed by atoms with Crippen LogP contribution in [0.5, 0.6) is 0 Å². The first-order valence-corrected chi connectivity index (χ1v) is 14.3. The van der Waals surface area contributed by atoms with Gasteiger partial charge in [-0.05, 0) is 64.4 Å². The van der Waals surface area contributed by atoms with Crippen LogP contribution in [0.15, 0.2) is 46.9 Å². The van der Waals surface area contributed by atoms with Crippen molar-refractivity contribution in [2.24, 2.45) is 0 Å². The highest BCUT2D eigenvalue weighted by Gasteiger charge is 2.24. The lowest BCUT2D eigenvalue weighted by atomic mass is 10.00. The zero-order valence-electron chi connectivity index (χ0n) is 20.2. The monoisotopic (exact) mass is 664 g/mol. The van der Waals surface area contributed by atoms with Gasteiger partial charge < -0.3 is 25.3 Å². The number of hydrogen-bond donors (Lipinski definition) is 5. The summed E-state index contributed by atoms with van der Waals surface area (Å²) in [6.45, 7) is -0.140. The fourth-order valence-electron chi connectivity index (χ4n) is 3.68. The summed E-state index contributed by atoms with van der Waals surface area (Å²) in [6.07, 6.45) is -0.763. The number of oxazole rings is 1. The molecule has 0 unspecified atom stereocenters. The van der Waals surface area contributed by atoms with E-state index in [4.69, 9.17) is 4.42 Å². The van der Waals surface area contributed by atoms with Crippen LogP contribution in [0.2, 0.25) is 0 Å². The van der Waals surface area contributed by atoms with Gasteiger partial charge in [-0.25, -0.2) is 21.9 Å². The molecule has 0 fully saturated rings. The molecule has 0 aliphatic carbocycles. The lowest BCUT2D eigenvalue weighted by molar-refractivity contribution is -0.122. The molecule has 0 spiro atoms. The minimum absolute atomic E-state index is 0.0157. The molecule has 0 aliphatic heterocycles. The normalized spacial score (nSPS) is 13.2. The number of anilines is 1. The van der Waals surface area contributed by atoms with Crippen LogP contribution in [0, 0.1) is 15.2 Å². The maximum absolute atomic E-state index is 13.8. The summed E-state index contributed by atoms with van der Waals surface area (Å²) >= 11 is 2.19. The third kappa shape index (κ3) is 9.58. The van der Waals surface area contributed by atoms with Crippen molar-refractivity contribution in [2.45, 2.75) is 38.1 Å². The highest BCUT2D eigenvalue weighted by molar-refractivity contribution is 14.1. The second-order valence-electron chi connectivity index (χ2n) is 8.58. The van der Waals surface area contributed by atoms with Crippen molar-refractivity contribution in [3.63, 3.8) is 0 Å². The first-order valence-electron chi connectivity index (χ1n) is 11.4. The van der Waals surface area contributed by atoms with Gasteiger partial charge in [0, 0.05) is 22.7 Å². The Balaban J connectivity index is 1.72. The van der Waals surface area contributed by atoms with Gasteiger partial charge in [0.15, 0.2) is 5.76 Å². The van der Waals surface area contributed by atoms with Gasteiger partial charge in [-0.3, -0.25) is 4.79 Å². The van der Waals surface area contributed by atoms with E-state index in [0.29, 0.717) is 6.54 Å². The van der Waals surface area contributed by atoms with Gasteiger partial charge in [0.25, 0.3) is 0 Å². The molecule has 3 aromatic rings. The predicted octanol–water partition coefficient (Wildman–Crippen LogP) is 1.84. The van der Waals surface area contributed by atoms with E-state index < -0.39 is 58.8 Å². The number of nitrogens with zero attached hydrogens (tertiary/aromatic N) is 1. The molecule has 38 heavy (non-hydrogen) atoms. The van der Waals surface area contributed by atoms with Gasteiger partial charge in [0.2, 0.25) is 15.9 Å². The SMILES string of the molecule is CS(=O)(=O)Nc1nc(CC(=O)N[C@@H](Cc2cc(F)cc(F)c2)[C@H](O)CNCc2cccc(I)c2)c(CO)o1. The van der Waals surface area contributed by atoms with Gasteiger partial charge >= 0.3 is 6.01 Å². The van der Waals surface area contributed by atoms with Crippen LogP contribution in [0.25, 0.3) is 0 Å². The number of aliphatic hydroxyl groups excluding tert-OH is 2. The van der Waals surface area contributed by atoms with Crippen LogP contribution in [-0.2, 0) is 40.8 Å². The average Bonchev–Trinajstić information content (AvgIpc) is 3.17. The summed E-state index contributed by atoms with van der Waals surface area (Å²) in [7, 11) is -3.71. The van der Waals surface area contributed by atoms with Gasteiger partial charge in [-0.2, -0.15) is 4.98 Å². The number of aliphatic hydroxyl groups is 2. The number of halogens is 3. The fraction of sp³-hybridized carbons (Fsp3) is 0.333. The molecule has 2 atom stereocenters. The second kappa shape index (κ2) is 13.4. The molecule has 0 bridgehead atoms. The number of rotatable bonds is 13. The Labute approximate surface area is 232 Å². The van der Waals surface area contributed by atoms with Gasteiger partial charge in [0.1, 0.15) is 18.2 Å². The quantitative estimate of drug-likeness (QED) is 0.174. The Kier molecular flexibility index (Phi) is 10.6. The van der Waals surface area contributed by atoms with Crippen molar-refractivity contribution in [3.05, 3.63) is 80.3 Å². The zero-order chi connectivity index (χ0) is 27.9. The Bertz CT molecular complexity index is 1350. The summed E-state index contributed by atoms with van der Waals surface area (Å²) in [5, 5.41) is 26.1. The van der Waals surface area contributed by atoms with Crippen LogP contribution < -0.4 is 15.4 Å². The van der Waals surface area contributed by atoms with E-state index in [1.165, 1.54) is 0 Å². The molecular formula is C24H27F2IN4O6S. The van der Waals surface area contributed by atoms with Crippen LogP contribution in [0.3, 0.4) is 0 Å². The first-order chi connectivity index (χ1) is 17.9. The molecule has 206 valence electrons. The third-order valence-electron chi connectivity index (χ3n) is 5.28. The molecular weight excluding hydrogens is 637 g/mol. The molecule has 1 heterocycles. The van der Waals surface area contributed by atoms with E-state index in [-0.39, 0.29) is 30.0 Å². The maximum Gasteiger partial charge on any atom is 0.309 e.